The number of likely N-dealkylation sites (tertiary alicyclic amines) is 1. The molecule has 0 spiro atoms. The molecule has 7 heteroatoms. The first-order valence-corrected chi connectivity index (χ1v) is 7.81. The smallest absolute Gasteiger partial charge is 0.311 e. The number of rotatable bonds is 5. The highest BCUT2D eigenvalue weighted by Crippen LogP contribution is 2.48. The highest BCUT2D eigenvalue weighted by molar-refractivity contribution is 5.81. The van der Waals surface area contributed by atoms with Crippen LogP contribution in [0.25, 0.3) is 0 Å². The number of aliphatic carboxylic acids is 1. The Morgan fingerprint density at radius 3 is 2.95 bits per heavy atom. The molecule has 1 amide bonds. The minimum absolute atomic E-state index is 0.0336. The molecule has 22 heavy (non-hydrogen) atoms. The van der Waals surface area contributed by atoms with Gasteiger partial charge in [0, 0.05) is 25.9 Å². The van der Waals surface area contributed by atoms with Crippen molar-refractivity contribution in [2.45, 2.75) is 45.4 Å². The molecule has 1 aliphatic heterocycles. The zero-order valence-corrected chi connectivity index (χ0v) is 12.7. The van der Waals surface area contributed by atoms with E-state index < -0.39 is 11.4 Å². The summed E-state index contributed by atoms with van der Waals surface area (Å²) in [6.07, 6.45) is 4.17. The van der Waals surface area contributed by atoms with Gasteiger partial charge < -0.3 is 14.5 Å². The maximum Gasteiger partial charge on any atom is 0.311 e. The van der Waals surface area contributed by atoms with Crippen molar-refractivity contribution in [3.8, 4) is 0 Å². The monoisotopic (exact) mass is 307 g/mol. The van der Waals surface area contributed by atoms with E-state index in [1.807, 2.05) is 0 Å². The Kier molecular flexibility index (Phi) is 3.88. The van der Waals surface area contributed by atoms with Crippen molar-refractivity contribution in [2.75, 3.05) is 13.1 Å². The van der Waals surface area contributed by atoms with Gasteiger partial charge in [0.15, 0.2) is 5.82 Å². The molecule has 1 saturated heterocycles. The fourth-order valence-corrected chi connectivity index (χ4v) is 3.82. The fourth-order valence-electron chi connectivity index (χ4n) is 3.82. The summed E-state index contributed by atoms with van der Waals surface area (Å²) in [5.41, 5.74) is -0.695. The van der Waals surface area contributed by atoms with Crippen LogP contribution >= 0.6 is 0 Å². The summed E-state index contributed by atoms with van der Waals surface area (Å²) in [5.74, 6) is 0.549. The van der Waals surface area contributed by atoms with E-state index in [4.69, 9.17) is 4.52 Å². The summed E-state index contributed by atoms with van der Waals surface area (Å²) in [7, 11) is 0. The third-order valence-corrected chi connectivity index (χ3v) is 5.00. The van der Waals surface area contributed by atoms with Crippen LogP contribution < -0.4 is 0 Å². The van der Waals surface area contributed by atoms with Gasteiger partial charge in [-0.15, -0.1) is 0 Å². The van der Waals surface area contributed by atoms with Crippen LogP contribution in [0.1, 0.15) is 43.8 Å². The lowest BCUT2D eigenvalue weighted by Gasteiger charge is -2.23. The van der Waals surface area contributed by atoms with Crippen LogP contribution in [0.2, 0.25) is 0 Å². The summed E-state index contributed by atoms with van der Waals surface area (Å²) in [6, 6.07) is 0. The molecule has 1 aromatic heterocycles. The molecule has 1 saturated carbocycles. The van der Waals surface area contributed by atoms with E-state index in [1.54, 1.807) is 11.8 Å². The van der Waals surface area contributed by atoms with Gasteiger partial charge in [-0.25, -0.2) is 0 Å². The Morgan fingerprint density at radius 2 is 2.32 bits per heavy atom. The zero-order chi connectivity index (χ0) is 15.7. The lowest BCUT2D eigenvalue weighted by Crippen LogP contribution is -2.37. The average Bonchev–Trinajstić information content (AvgIpc) is 3.12. The van der Waals surface area contributed by atoms with Crippen LogP contribution in [0.4, 0.5) is 0 Å². The topological polar surface area (TPSA) is 96.5 Å². The van der Waals surface area contributed by atoms with Gasteiger partial charge in [-0.1, -0.05) is 11.6 Å². The van der Waals surface area contributed by atoms with Crippen LogP contribution in [0.15, 0.2) is 4.52 Å². The van der Waals surface area contributed by atoms with Gasteiger partial charge in [0.25, 0.3) is 0 Å². The van der Waals surface area contributed by atoms with E-state index in [-0.39, 0.29) is 11.8 Å². The van der Waals surface area contributed by atoms with E-state index >= 15 is 0 Å². The van der Waals surface area contributed by atoms with Gasteiger partial charge in [-0.2, -0.15) is 4.98 Å². The number of hydrogen-bond acceptors (Lipinski definition) is 5. The molecule has 120 valence electrons. The average molecular weight is 307 g/mol. The number of carboxylic acids is 1. The Balaban J connectivity index is 1.52. The van der Waals surface area contributed by atoms with Gasteiger partial charge in [0.2, 0.25) is 11.8 Å². The van der Waals surface area contributed by atoms with Crippen molar-refractivity contribution < 1.29 is 19.2 Å². The lowest BCUT2D eigenvalue weighted by atomic mass is 9.81. The standard InChI is InChI=1S/C15H21N3O4/c1-10-16-12(22-17-10)5-2-6-13(19)18-8-11-4-3-7-15(11,9-18)14(20)21/h11H,2-9H2,1H3,(H,20,21)/t11-,15+/m0/s1. The molecular weight excluding hydrogens is 286 g/mol. The summed E-state index contributed by atoms with van der Waals surface area (Å²) in [6.45, 7) is 2.71. The van der Waals surface area contributed by atoms with Crippen molar-refractivity contribution in [3.05, 3.63) is 11.7 Å². The second-order valence-electron chi connectivity index (χ2n) is 6.41. The number of carboxylic acid groups (broad SMARTS) is 1. The predicted octanol–water partition coefficient (Wildman–Crippen LogP) is 1.41. The Hall–Kier alpha value is -1.92. The molecule has 2 atom stereocenters. The first-order chi connectivity index (χ1) is 10.5. The molecule has 2 fully saturated rings. The third-order valence-electron chi connectivity index (χ3n) is 5.00. The predicted molar refractivity (Wildman–Crippen MR) is 76.0 cm³/mol. The summed E-state index contributed by atoms with van der Waals surface area (Å²) < 4.78 is 5.02. The molecule has 0 unspecified atom stereocenters. The summed E-state index contributed by atoms with van der Waals surface area (Å²) >= 11 is 0. The third kappa shape index (κ3) is 2.60. The maximum absolute atomic E-state index is 12.3. The second-order valence-corrected chi connectivity index (χ2v) is 6.41. The number of aryl methyl sites for hydroxylation is 2. The van der Waals surface area contributed by atoms with E-state index in [2.05, 4.69) is 10.1 Å². The van der Waals surface area contributed by atoms with Crippen molar-refractivity contribution >= 4 is 11.9 Å². The quantitative estimate of drug-likeness (QED) is 0.883. The molecule has 1 N–H and O–H groups in total. The normalized spacial score (nSPS) is 27.1. The molecule has 7 nitrogen and oxygen atoms in total. The van der Waals surface area contributed by atoms with Gasteiger partial charge in [-0.3, -0.25) is 9.59 Å². The van der Waals surface area contributed by atoms with Gasteiger partial charge in [-0.05, 0) is 32.1 Å². The molecule has 3 rings (SSSR count). The van der Waals surface area contributed by atoms with Crippen molar-refractivity contribution in [2.24, 2.45) is 11.3 Å². The number of carbonyl (C=O) groups excluding carboxylic acids is 1. The molecule has 1 aliphatic carbocycles. The zero-order valence-electron chi connectivity index (χ0n) is 12.7. The number of nitrogens with zero attached hydrogens (tertiary/aromatic N) is 3. The fraction of sp³-hybridized carbons (Fsp3) is 0.733. The number of aromatic nitrogens is 2. The molecule has 2 aliphatic rings. The highest BCUT2D eigenvalue weighted by atomic mass is 16.5. The first kappa shape index (κ1) is 15.0. The van der Waals surface area contributed by atoms with Crippen molar-refractivity contribution in [3.63, 3.8) is 0 Å². The minimum atomic E-state index is -0.744. The minimum Gasteiger partial charge on any atom is -0.481 e. The van der Waals surface area contributed by atoms with E-state index in [0.29, 0.717) is 50.5 Å². The Morgan fingerprint density at radius 1 is 1.50 bits per heavy atom. The first-order valence-electron chi connectivity index (χ1n) is 7.81. The Labute approximate surface area is 128 Å². The SMILES string of the molecule is Cc1noc(CCCC(=O)N2C[C@@H]3CCC[C@@]3(C(=O)O)C2)n1. The molecule has 0 bridgehead atoms. The summed E-state index contributed by atoms with van der Waals surface area (Å²) in [4.78, 5) is 29.8. The molecular formula is C15H21N3O4. The Bertz CT molecular complexity index is 585. The summed E-state index contributed by atoms with van der Waals surface area (Å²) in [5, 5.41) is 13.2. The molecule has 0 aromatic carbocycles. The lowest BCUT2D eigenvalue weighted by molar-refractivity contribution is -0.149. The molecule has 2 heterocycles. The number of amides is 1. The van der Waals surface area contributed by atoms with Crippen LogP contribution in [0.5, 0.6) is 0 Å². The van der Waals surface area contributed by atoms with E-state index in [1.165, 1.54) is 0 Å². The maximum atomic E-state index is 12.3. The number of hydrogen-bond donors (Lipinski definition) is 1. The van der Waals surface area contributed by atoms with Gasteiger partial charge >= 0.3 is 5.97 Å². The van der Waals surface area contributed by atoms with Crippen molar-refractivity contribution in [1.29, 1.82) is 0 Å². The van der Waals surface area contributed by atoms with Crippen molar-refractivity contribution in [1.82, 2.24) is 15.0 Å². The second kappa shape index (κ2) is 5.70. The molecule has 1 aromatic rings. The number of fused-ring (bicyclic) bond motifs is 1. The van der Waals surface area contributed by atoms with E-state index in [9.17, 15) is 14.7 Å². The largest absolute Gasteiger partial charge is 0.481 e. The van der Waals surface area contributed by atoms with Gasteiger partial charge in [0.1, 0.15) is 0 Å². The highest BCUT2D eigenvalue weighted by Gasteiger charge is 2.55. The molecule has 0 radical (unpaired) electrons. The van der Waals surface area contributed by atoms with Crippen LogP contribution in [-0.4, -0.2) is 45.1 Å². The van der Waals surface area contributed by atoms with Crippen LogP contribution in [0, 0.1) is 18.3 Å². The van der Waals surface area contributed by atoms with Crippen LogP contribution in [0.3, 0.4) is 0 Å². The number of carbonyl (C=O) groups is 2. The van der Waals surface area contributed by atoms with E-state index in [0.717, 1.165) is 12.8 Å². The van der Waals surface area contributed by atoms with Gasteiger partial charge in [0.05, 0.1) is 5.41 Å². The van der Waals surface area contributed by atoms with Crippen LogP contribution in [-0.2, 0) is 16.0 Å².